The van der Waals surface area contributed by atoms with Gasteiger partial charge in [0.2, 0.25) is 0 Å². The number of furan rings is 1. The normalized spacial score (nSPS) is 11.3. The molecule has 0 spiro atoms. The molecule has 0 amide bonds. The Hall–Kier alpha value is -4.25. The fourth-order valence-electron chi connectivity index (χ4n) is 5.35. The van der Waals surface area contributed by atoms with Gasteiger partial charge < -0.3 is 13.4 Å². The van der Waals surface area contributed by atoms with Crippen molar-refractivity contribution in [3.63, 3.8) is 0 Å². The number of pyridine rings is 1. The Morgan fingerprint density at radius 2 is 1.62 bits per heavy atom. The maximum Gasteiger partial charge on any atom is 0.168 e. The van der Waals surface area contributed by atoms with Gasteiger partial charge in [0.15, 0.2) is 6.39 Å². The molecule has 42 heavy (non-hydrogen) atoms. The summed E-state index contributed by atoms with van der Waals surface area (Å²) in [6.07, 6.45) is 7.21. The van der Waals surface area contributed by atoms with Crippen LogP contribution in [0.1, 0.15) is 36.2 Å². The molecule has 0 unspecified atom stereocenters. The molecule has 0 saturated heterocycles. The minimum atomic E-state index is -0.288. The van der Waals surface area contributed by atoms with Crippen molar-refractivity contribution in [1.29, 1.82) is 0 Å². The fourth-order valence-corrected chi connectivity index (χ4v) is 5.35. The summed E-state index contributed by atoms with van der Waals surface area (Å²) in [5.41, 5.74) is 8.94. The van der Waals surface area contributed by atoms with Gasteiger partial charge in [0.05, 0.1) is 5.69 Å². The van der Waals surface area contributed by atoms with Crippen LogP contribution in [0.2, 0.25) is 0 Å². The van der Waals surface area contributed by atoms with Crippen molar-refractivity contribution < 1.29 is 28.9 Å². The number of aryl methyl sites for hydroxylation is 2. The van der Waals surface area contributed by atoms with Crippen LogP contribution in [0.15, 0.2) is 107 Å². The van der Waals surface area contributed by atoms with Crippen molar-refractivity contribution in [2.45, 2.75) is 33.1 Å². The van der Waals surface area contributed by atoms with Crippen molar-refractivity contribution in [2.75, 3.05) is 0 Å². The van der Waals surface area contributed by atoms with Crippen molar-refractivity contribution in [3.05, 3.63) is 132 Å². The summed E-state index contributed by atoms with van der Waals surface area (Å²) in [4.78, 5) is 8.95. The quantitative estimate of drug-likeness (QED) is 0.170. The summed E-state index contributed by atoms with van der Waals surface area (Å²) >= 11 is 0. The van der Waals surface area contributed by atoms with E-state index in [2.05, 4.69) is 68.0 Å². The molecule has 0 aliphatic carbocycles. The number of para-hydroxylation sites is 1. The van der Waals surface area contributed by atoms with Crippen molar-refractivity contribution in [2.24, 2.45) is 7.05 Å². The molecule has 0 N–H and O–H groups in total. The maximum absolute atomic E-state index is 6.20. The summed E-state index contributed by atoms with van der Waals surface area (Å²) in [7, 11) is 1.96. The number of rotatable bonds is 4. The van der Waals surface area contributed by atoms with Gasteiger partial charge in [0.1, 0.15) is 11.3 Å². The third-order valence-corrected chi connectivity index (χ3v) is 7.65. The van der Waals surface area contributed by atoms with Gasteiger partial charge in [-0.05, 0) is 44.2 Å². The molecule has 4 aromatic heterocycles. The SMILES string of the molecule is Cc1ccnc(C(C)(C)c2[c-]ccc3c2oc2ccccc23)c1C.Cn1c[c-]c(-c2ncoc2-c2ccccc2)c1.[Ir]. The van der Waals surface area contributed by atoms with Gasteiger partial charge in [0, 0.05) is 53.9 Å². The molecule has 213 valence electrons. The van der Waals surface area contributed by atoms with E-state index >= 15 is 0 Å². The molecule has 7 aromatic rings. The first kappa shape index (κ1) is 29.2. The largest absolute Gasteiger partial charge is 0.515 e. The predicted octanol–water partition coefficient (Wildman–Crippen LogP) is 8.87. The molecular formula is C36H31IrN3O2-2. The van der Waals surface area contributed by atoms with Crippen LogP contribution in [0, 0.1) is 26.0 Å². The Labute approximate surface area is 259 Å². The zero-order valence-corrected chi connectivity index (χ0v) is 26.6. The van der Waals surface area contributed by atoms with E-state index in [0.717, 1.165) is 55.8 Å². The van der Waals surface area contributed by atoms with E-state index in [1.165, 1.54) is 17.5 Å². The zero-order valence-electron chi connectivity index (χ0n) is 24.2. The van der Waals surface area contributed by atoms with Crippen molar-refractivity contribution >= 4 is 21.9 Å². The van der Waals surface area contributed by atoms with Crippen LogP contribution in [0.5, 0.6) is 0 Å². The summed E-state index contributed by atoms with van der Waals surface area (Å²) < 4.78 is 13.6. The monoisotopic (exact) mass is 730 g/mol. The number of hydrogen-bond donors (Lipinski definition) is 0. The van der Waals surface area contributed by atoms with E-state index in [9.17, 15) is 0 Å². The topological polar surface area (TPSA) is 57.0 Å². The molecule has 0 atom stereocenters. The molecule has 5 nitrogen and oxygen atoms in total. The third-order valence-electron chi connectivity index (χ3n) is 7.65. The molecule has 4 heterocycles. The summed E-state index contributed by atoms with van der Waals surface area (Å²) in [5, 5.41) is 2.28. The molecule has 1 radical (unpaired) electrons. The summed E-state index contributed by atoms with van der Waals surface area (Å²) in [5.74, 6) is 0.785. The molecule has 0 saturated carbocycles. The number of hydrogen-bond acceptors (Lipinski definition) is 4. The van der Waals surface area contributed by atoms with Crippen LogP contribution in [-0.2, 0) is 32.6 Å². The third kappa shape index (κ3) is 5.36. The minimum Gasteiger partial charge on any atom is -0.515 e. The number of fused-ring (bicyclic) bond motifs is 3. The molecule has 0 aliphatic rings. The molecule has 0 fully saturated rings. The van der Waals surface area contributed by atoms with Gasteiger partial charge in [-0.2, -0.15) is 24.3 Å². The van der Waals surface area contributed by atoms with Crippen LogP contribution in [0.4, 0.5) is 0 Å². The Morgan fingerprint density at radius 3 is 2.38 bits per heavy atom. The number of benzene rings is 3. The molecule has 3 aromatic carbocycles. The average Bonchev–Trinajstić information content (AvgIpc) is 3.73. The smallest absolute Gasteiger partial charge is 0.168 e. The first-order valence-corrected chi connectivity index (χ1v) is 13.6. The Morgan fingerprint density at radius 1 is 0.857 bits per heavy atom. The second kappa shape index (κ2) is 11.9. The first-order valence-electron chi connectivity index (χ1n) is 13.6. The van der Waals surface area contributed by atoms with E-state index in [0.29, 0.717) is 0 Å². The van der Waals surface area contributed by atoms with E-state index in [4.69, 9.17) is 8.83 Å². The molecule has 7 rings (SSSR count). The second-order valence-electron chi connectivity index (χ2n) is 10.8. The number of aromatic nitrogens is 3. The van der Waals surface area contributed by atoms with Gasteiger partial charge in [-0.25, -0.2) is 0 Å². The van der Waals surface area contributed by atoms with Gasteiger partial charge >= 0.3 is 0 Å². The van der Waals surface area contributed by atoms with Gasteiger partial charge in [-0.1, -0.05) is 80.2 Å². The molecular weight excluding hydrogens is 699 g/mol. The average molecular weight is 730 g/mol. The van der Waals surface area contributed by atoms with E-state index < -0.39 is 0 Å². The molecule has 0 bridgehead atoms. The van der Waals surface area contributed by atoms with Crippen LogP contribution < -0.4 is 0 Å². The van der Waals surface area contributed by atoms with Crippen LogP contribution in [-0.4, -0.2) is 14.5 Å². The zero-order chi connectivity index (χ0) is 28.6. The van der Waals surface area contributed by atoms with Crippen LogP contribution in [0.3, 0.4) is 0 Å². The predicted molar refractivity (Wildman–Crippen MR) is 164 cm³/mol. The second-order valence-corrected chi connectivity index (χ2v) is 10.8. The minimum absolute atomic E-state index is 0. The Balaban J connectivity index is 0.000000173. The van der Waals surface area contributed by atoms with Crippen molar-refractivity contribution in [3.8, 4) is 22.6 Å². The van der Waals surface area contributed by atoms with Gasteiger partial charge in [0.25, 0.3) is 0 Å². The Bertz CT molecular complexity index is 1960. The number of nitrogens with zero attached hydrogens (tertiary/aromatic N) is 3. The van der Waals surface area contributed by atoms with E-state index in [-0.39, 0.29) is 25.5 Å². The summed E-state index contributed by atoms with van der Waals surface area (Å²) in [6.45, 7) is 8.65. The van der Waals surface area contributed by atoms with E-state index in [1.807, 2.05) is 84.8 Å². The van der Waals surface area contributed by atoms with Crippen LogP contribution in [0.25, 0.3) is 44.5 Å². The molecule has 6 heteroatoms. The standard InChI is InChI=1S/C22H20NO.C14H11N2O.Ir/c1-14-12-13-23-21(15(14)2)22(3,4)18-10-7-9-17-16-8-5-6-11-19(16)24-20(17)18;1-16-8-7-12(9-16)13-14(17-10-15-13)11-5-3-2-4-6-11;/h5-9,11-13H,1-4H3;2-6,8-10H,1H3;/q2*-1;. The molecule has 0 aliphatic heterocycles. The number of oxazole rings is 1. The van der Waals surface area contributed by atoms with E-state index in [1.54, 1.807) is 0 Å². The van der Waals surface area contributed by atoms with Gasteiger partial charge in [-0.3, -0.25) is 9.97 Å². The maximum atomic E-state index is 6.20. The first-order chi connectivity index (χ1) is 19.8. The van der Waals surface area contributed by atoms with Gasteiger partial charge in [-0.15, -0.1) is 11.1 Å². The fraction of sp³-hybridized carbons (Fsp3) is 0.167. The summed E-state index contributed by atoms with van der Waals surface area (Å²) in [6, 6.07) is 30.8. The van der Waals surface area contributed by atoms with Crippen LogP contribution >= 0.6 is 0 Å². The van der Waals surface area contributed by atoms with Crippen molar-refractivity contribution in [1.82, 2.24) is 14.5 Å². The Kier molecular flexibility index (Phi) is 8.31.